The van der Waals surface area contributed by atoms with Crippen LogP contribution in [0.5, 0.6) is 0 Å². The minimum atomic E-state index is -0.219. The summed E-state index contributed by atoms with van der Waals surface area (Å²) in [4.78, 5) is 43.5. The molecule has 3 aromatic rings. The van der Waals surface area contributed by atoms with Gasteiger partial charge in [0.25, 0.3) is 0 Å². The fourth-order valence-electron chi connectivity index (χ4n) is 3.41. The number of hydrogen-bond acceptors (Lipinski definition) is 6. The Labute approximate surface area is 188 Å². The van der Waals surface area contributed by atoms with E-state index in [1.807, 2.05) is 22.4 Å². The highest BCUT2D eigenvalue weighted by Crippen LogP contribution is 2.27. The van der Waals surface area contributed by atoms with Crippen LogP contribution in [0, 0.1) is 0 Å². The zero-order valence-electron chi connectivity index (χ0n) is 17.0. The fourth-order valence-corrected chi connectivity index (χ4v) is 5.04. The molecule has 3 heterocycles. The minimum Gasteiger partial charge on any atom is -0.338 e. The predicted octanol–water partition coefficient (Wildman–Crippen LogP) is 4.13. The molecule has 1 aromatic carbocycles. The van der Waals surface area contributed by atoms with E-state index >= 15 is 0 Å². The number of amides is 3. The topological polar surface area (TPSA) is 91.4 Å². The molecule has 0 atom stereocenters. The molecule has 160 valence electrons. The molecule has 4 rings (SSSR count). The number of fused-ring (bicyclic) bond motifs is 1. The first-order valence-electron chi connectivity index (χ1n) is 9.94. The summed E-state index contributed by atoms with van der Waals surface area (Å²) in [5.74, 6) is -0.337. The molecule has 0 unspecified atom stereocenters. The van der Waals surface area contributed by atoms with E-state index < -0.39 is 0 Å². The highest BCUT2D eigenvalue weighted by Gasteiger charge is 2.22. The third kappa shape index (κ3) is 5.36. The number of benzene rings is 1. The summed E-state index contributed by atoms with van der Waals surface area (Å²) < 4.78 is 0. The van der Waals surface area contributed by atoms with Gasteiger partial charge in [0.15, 0.2) is 5.13 Å². The van der Waals surface area contributed by atoms with Gasteiger partial charge in [0.2, 0.25) is 17.7 Å². The SMILES string of the molecule is CC(=O)Nc1ccc(-c2csc(NC(=O)CCC(=O)N3CCc4sccc4C3)n2)cc1. The molecule has 0 radical (unpaired) electrons. The Morgan fingerprint density at radius 1 is 1.06 bits per heavy atom. The maximum Gasteiger partial charge on any atom is 0.226 e. The monoisotopic (exact) mass is 454 g/mol. The van der Waals surface area contributed by atoms with Gasteiger partial charge in [-0.2, -0.15) is 0 Å². The second-order valence-electron chi connectivity index (χ2n) is 7.28. The fraction of sp³-hybridized carbons (Fsp3) is 0.273. The molecule has 3 amide bonds. The smallest absolute Gasteiger partial charge is 0.226 e. The molecule has 0 aliphatic carbocycles. The van der Waals surface area contributed by atoms with Crippen LogP contribution >= 0.6 is 22.7 Å². The van der Waals surface area contributed by atoms with Crippen LogP contribution in [0.3, 0.4) is 0 Å². The van der Waals surface area contributed by atoms with Crippen molar-refractivity contribution in [1.29, 1.82) is 0 Å². The maximum absolute atomic E-state index is 12.5. The van der Waals surface area contributed by atoms with Gasteiger partial charge in [0.05, 0.1) is 5.69 Å². The average Bonchev–Trinajstić information content (AvgIpc) is 3.41. The Hall–Kier alpha value is -3.04. The number of thiophene rings is 1. The summed E-state index contributed by atoms with van der Waals surface area (Å²) in [5, 5.41) is 9.92. The van der Waals surface area contributed by atoms with Crippen molar-refractivity contribution in [1.82, 2.24) is 9.88 Å². The second-order valence-corrected chi connectivity index (χ2v) is 9.14. The Morgan fingerprint density at radius 2 is 1.87 bits per heavy atom. The van der Waals surface area contributed by atoms with Crippen LogP contribution in [-0.4, -0.2) is 34.2 Å². The normalized spacial score (nSPS) is 12.9. The molecule has 9 heteroatoms. The van der Waals surface area contributed by atoms with Crippen molar-refractivity contribution in [3.63, 3.8) is 0 Å². The van der Waals surface area contributed by atoms with Crippen LogP contribution in [0.4, 0.5) is 10.8 Å². The van der Waals surface area contributed by atoms with E-state index in [0.717, 1.165) is 17.7 Å². The van der Waals surface area contributed by atoms with Crippen LogP contribution < -0.4 is 10.6 Å². The number of carbonyl (C=O) groups excluding carboxylic acids is 3. The first kappa shape index (κ1) is 21.2. The van der Waals surface area contributed by atoms with Crippen molar-refractivity contribution < 1.29 is 14.4 Å². The van der Waals surface area contributed by atoms with Gasteiger partial charge in [-0.3, -0.25) is 14.4 Å². The quantitative estimate of drug-likeness (QED) is 0.586. The standard InChI is InChI=1S/C22H22N4O3S2/c1-14(27)23-17-4-2-15(3-5-17)18-13-31-22(24-18)25-20(28)6-7-21(29)26-10-8-19-16(12-26)9-11-30-19/h2-5,9,11,13H,6-8,10,12H2,1H3,(H,23,27)(H,24,25,28). The van der Waals surface area contributed by atoms with Gasteiger partial charge in [-0.1, -0.05) is 12.1 Å². The van der Waals surface area contributed by atoms with Gasteiger partial charge >= 0.3 is 0 Å². The molecule has 0 saturated heterocycles. The molecule has 31 heavy (non-hydrogen) atoms. The zero-order chi connectivity index (χ0) is 21.8. The summed E-state index contributed by atoms with van der Waals surface area (Å²) in [6.45, 7) is 2.81. The van der Waals surface area contributed by atoms with Crippen molar-refractivity contribution in [2.75, 3.05) is 17.2 Å². The van der Waals surface area contributed by atoms with Crippen LogP contribution in [0.2, 0.25) is 0 Å². The summed E-state index contributed by atoms with van der Waals surface area (Å²) >= 11 is 3.07. The molecule has 1 aliphatic heterocycles. The zero-order valence-corrected chi connectivity index (χ0v) is 18.6. The van der Waals surface area contributed by atoms with E-state index in [1.54, 1.807) is 23.5 Å². The third-order valence-corrected chi connectivity index (χ3v) is 6.76. The number of hydrogen-bond donors (Lipinski definition) is 2. The summed E-state index contributed by atoms with van der Waals surface area (Å²) in [7, 11) is 0. The van der Waals surface area contributed by atoms with Crippen LogP contribution in [0.1, 0.15) is 30.2 Å². The largest absolute Gasteiger partial charge is 0.338 e. The summed E-state index contributed by atoms with van der Waals surface area (Å²) in [6, 6.07) is 9.41. The number of rotatable bonds is 6. The van der Waals surface area contributed by atoms with Gasteiger partial charge in [-0.25, -0.2) is 4.98 Å². The molecule has 1 aliphatic rings. The van der Waals surface area contributed by atoms with Crippen molar-refractivity contribution in [3.05, 3.63) is 51.5 Å². The maximum atomic E-state index is 12.5. The van der Waals surface area contributed by atoms with E-state index in [0.29, 0.717) is 23.9 Å². The Balaban J connectivity index is 1.27. The molecule has 0 bridgehead atoms. The van der Waals surface area contributed by atoms with Crippen molar-refractivity contribution in [2.45, 2.75) is 32.7 Å². The number of nitrogens with zero attached hydrogens (tertiary/aromatic N) is 2. The summed E-state index contributed by atoms with van der Waals surface area (Å²) in [5.41, 5.74) is 3.56. The molecule has 0 spiro atoms. The molecule has 2 aromatic heterocycles. The highest BCUT2D eigenvalue weighted by atomic mass is 32.1. The molecule has 0 fully saturated rings. The Morgan fingerprint density at radius 3 is 2.65 bits per heavy atom. The van der Waals surface area contributed by atoms with E-state index in [2.05, 4.69) is 27.1 Å². The van der Waals surface area contributed by atoms with Gasteiger partial charge in [-0.05, 0) is 35.6 Å². The lowest BCUT2D eigenvalue weighted by Gasteiger charge is -2.27. The number of carbonyl (C=O) groups is 3. The average molecular weight is 455 g/mol. The Kier molecular flexibility index (Phi) is 6.43. The van der Waals surface area contributed by atoms with Crippen molar-refractivity contribution in [3.8, 4) is 11.3 Å². The molecular weight excluding hydrogens is 432 g/mol. The lowest BCUT2D eigenvalue weighted by atomic mass is 10.1. The van der Waals surface area contributed by atoms with E-state index in [1.165, 1.54) is 28.7 Å². The van der Waals surface area contributed by atoms with Gasteiger partial charge < -0.3 is 15.5 Å². The van der Waals surface area contributed by atoms with Gasteiger partial charge in [0.1, 0.15) is 0 Å². The van der Waals surface area contributed by atoms with E-state index in [4.69, 9.17) is 0 Å². The molecular formula is C22H22N4O3S2. The predicted molar refractivity (Wildman–Crippen MR) is 123 cm³/mol. The molecule has 2 N–H and O–H groups in total. The van der Waals surface area contributed by atoms with Crippen molar-refractivity contribution in [2.24, 2.45) is 0 Å². The lowest BCUT2D eigenvalue weighted by Crippen LogP contribution is -2.35. The minimum absolute atomic E-state index is 0.00564. The number of thiazole rings is 1. The van der Waals surface area contributed by atoms with Crippen LogP contribution in [-0.2, 0) is 27.3 Å². The number of nitrogens with one attached hydrogen (secondary N) is 2. The van der Waals surface area contributed by atoms with Crippen LogP contribution in [0.15, 0.2) is 41.1 Å². The first-order valence-corrected chi connectivity index (χ1v) is 11.7. The number of aromatic nitrogens is 1. The third-order valence-electron chi connectivity index (χ3n) is 4.98. The van der Waals surface area contributed by atoms with E-state index in [-0.39, 0.29) is 30.6 Å². The molecule has 0 saturated carbocycles. The highest BCUT2D eigenvalue weighted by molar-refractivity contribution is 7.14. The number of anilines is 2. The summed E-state index contributed by atoms with van der Waals surface area (Å²) in [6.07, 6.45) is 1.21. The van der Waals surface area contributed by atoms with Gasteiger partial charge in [0, 0.05) is 54.4 Å². The van der Waals surface area contributed by atoms with Crippen molar-refractivity contribution >= 4 is 51.2 Å². The molecule has 7 nitrogen and oxygen atoms in total. The van der Waals surface area contributed by atoms with E-state index in [9.17, 15) is 14.4 Å². The first-order chi connectivity index (χ1) is 15.0. The lowest BCUT2D eigenvalue weighted by molar-refractivity contribution is -0.133. The second kappa shape index (κ2) is 9.40. The Bertz CT molecular complexity index is 1100. The van der Waals surface area contributed by atoms with Gasteiger partial charge in [-0.15, -0.1) is 22.7 Å². The van der Waals surface area contributed by atoms with Crippen LogP contribution in [0.25, 0.3) is 11.3 Å².